The van der Waals surface area contributed by atoms with Gasteiger partial charge in [-0.1, -0.05) is 12.1 Å². The molecule has 0 atom stereocenters. The Hall–Kier alpha value is -1.53. The predicted octanol–water partition coefficient (Wildman–Crippen LogP) is 2.40. The Bertz CT molecular complexity index is 437. The maximum absolute atomic E-state index is 8.50. The first kappa shape index (κ1) is 12.9. The lowest BCUT2D eigenvalue weighted by Gasteiger charge is -2.15. The second-order valence-electron chi connectivity index (χ2n) is 4.86. The lowest BCUT2D eigenvalue weighted by Crippen LogP contribution is -2.22. The lowest BCUT2D eigenvalue weighted by molar-refractivity contribution is 0.335. The number of unbranched alkanes of at least 4 members (excludes halogenated alkanes) is 1. The molecular weight excluding hydrogens is 224 g/mol. The van der Waals surface area contributed by atoms with Crippen LogP contribution in [0.25, 0.3) is 0 Å². The molecule has 3 nitrogen and oxygen atoms in total. The third-order valence-corrected chi connectivity index (χ3v) is 3.36. The van der Waals surface area contributed by atoms with E-state index in [2.05, 4.69) is 36.2 Å². The van der Waals surface area contributed by atoms with E-state index in [4.69, 9.17) is 10.00 Å². The number of nitrogens with zero attached hydrogens (tertiary/aromatic N) is 2. The van der Waals surface area contributed by atoms with Crippen LogP contribution in [0.15, 0.2) is 18.2 Å². The van der Waals surface area contributed by atoms with E-state index in [0.29, 0.717) is 6.42 Å². The van der Waals surface area contributed by atoms with Gasteiger partial charge in [-0.25, -0.2) is 0 Å². The minimum atomic E-state index is 0.653. The first-order chi connectivity index (χ1) is 8.79. The Morgan fingerprint density at radius 1 is 1.39 bits per heavy atom. The van der Waals surface area contributed by atoms with Gasteiger partial charge in [0, 0.05) is 19.4 Å². The van der Waals surface area contributed by atoms with Gasteiger partial charge < -0.3 is 9.64 Å². The molecule has 96 valence electrons. The molecule has 0 radical (unpaired) electrons. The van der Waals surface area contributed by atoms with Gasteiger partial charge in [-0.15, -0.1) is 0 Å². The zero-order valence-electron chi connectivity index (χ0n) is 11.0. The topological polar surface area (TPSA) is 36.3 Å². The summed E-state index contributed by atoms with van der Waals surface area (Å²) in [6.07, 6.45) is 3.73. The molecule has 1 aliphatic heterocycles. The van der Waals surface area contributed by atoms with Crippen molar-refractivity contribution in [2.24, 2.45) is 0 Å². The van der Waals surface area contributed by atoms with Gasteiger partial charge in [0.15, 0.2) is 0 Å². The molecule has 0 N–H and O–H groups in total. The fourth-order valence-corrected chi connectivity index (χ4v) is 2.26. The molecule has 0 amide bonds. The van der Waals surface area contributed by atoms with E-state index in [0.717, 1.165) is 44.7 Å². The van der Waals surface area contributed by atoms with Crippen molar-refractivity contribution in [2.75, 3.05) is 26.7 Å². The summed E-state index contributed by atoms with van der Waals surface area (Å²) in [4.78, 5) is 2.29. The minimum Gasteiger partial charge on any atom is -0.493 e. The molecule has 2 rings (SSSR count). The maximum Gasteiger partial charge on any atom is 0.122 e. The molecule has 0 fully saturated rings. The van der Waals surface area contributed by atoms with Crippen LogP contribution in [0.3, 0.4) is 0 Å². The summed E-state index contributed by atoms with van der Waals surface area (Å²) in [5, 5.41) is 8.50. The Balaban J connectivity index is 1.78. The lowest BCUT2D eigenvalue weighted by atomic mass is 10.1. The Morgan fingerprint density at radius 3 is 3.11 bits per heavy atom. The quantitative estimate of drug-likeness (QED) is 0.721. The predicted molar refractivity (Wildman–Crippen MR) is 71.7 cm³/mol. The van der Waals surface area contributed by atoms with Crippen LogP contribution in [0.4, 0.5) is 0 Å². The second kappa shape index (κ2) is 6.42. The number of hydrogen-bond donors (Lipinski definition) is 0. The first-order valence-corrected chi connectivity index (χ1v) is 6.59. The van der Waals surface area contributed by atoms with Crippen molar-refractivity contribution in [3.05, 3.63) is 29.3 Å². The zero-order valence-corrected chi connectivity index (χ0v) is 11.0. The number of benzene rings is 1. The maximum atomic E-state index is 8.50. The standard InChI is InChI=1S/C15H20N2O/c1-17(9-3-2-8-16)10-6-13-4-5-15-14(12-13)7-11-18-15/h4-5,12H,2-3,6-7,9-11H2,1H3. The van der Waals surface area contributed by atoms with Crippen LogP contribution in [-0.4, -0.2) is 31.6 Å². The summed E-state index contributed by atoms with van der Waals surface area (Å²) in [7, 11) is 2.12. The average Bonchev–Trinajstić information content (AvgIpc) is 2.84. The molecule has 0 spiro atoms. The van der Waals surface area contributed by atoms with E-state index < -0.39 is 0 Å². The van der Waals surface area contributed by atoms with Crippen molar-refractivity contribution in [3.8, 4) is 11.8 Å². The van der Waals surface area contributed by atoms with Crippen LogP contribution in [0, 0.1) is 11.3 Å². The monoisotopic (exact) mass is 244 g/mol. The van der Waals surface area contributed by atoms with Crippen LogP contribution in [0.2, 0.25) is 0 Å². The van der Waals surface area contributed by atoms with Gasteiger partial charge in [-0.05, 0) is 43.6 Å². The highest BCUT2D eigenvalue weighted by Crippen LogP contribution is 2.25. The summed E-state index contributed by atoms with van der Waals surface area (Å²) in [5.41, 5.74) is 2.73. The third-order valence-electron chi connectivity index (χ3n) is 3.36. The van der Waals surface area contributed by atoms with Crippen molar-refractivity contribution < 1.29 is 4.74 Å². The summed E-state index contributed by atoms with van der Waals surface area (Å²) >= 11 is 0. The summed E-state index contributed by atoms with van der Waals surface area (Å²) < 4.78 is 5.50. The van der Waals surface area contributed by atoms with Gasteiger partial charge in [0.25, 0.3) is 0 Å². The van der Waals surface area contributed by atoms with E-state index in [1.165, 1.54) is 11.1 Å². The SMILES string of the molecule is CN(CCCC#N)CCc1ccc2c(c1)CCO2. The van der Waals surface area contributed by atoms with Crippen molar-refractivity contribution in [2.45, 2.75) is 25.7 Å². The molecule has 0 saturated heterocycles. The number of ether oxygens (including phenoxy) is 1. The van der Waals surface area contributed by atoms with Gasteiger partial charge in [0.05, 0.1) is 12.7 Å². The van der Waals surface area contributed by atoms with E-state index >= 15 is 0 Å². The van der Waals surface area contributed by atoms with Gasteiger partial charge in [0.1, 0.15) is 5.75 Å². The highest BCUT2D eigenvalue weighted by atomic mass is 16.5. The smallest absolute Gasteiger partial charge is 0.122 e. The Labute approximate surface area is 109 Å². The van der Waals surface area contributed by atoms with Crippen molar-refractivity contribution in [1.82, 2.24) is 4.90 Å². The number of likely N-dealkylation sites (N-methyl/N-ethyl adjacent to an activating group) is 1. The fourth-order valence-electron chi connectivity index (χ4n) is 2.26. The first-order valence-electron chi connectivity index (χ1n) is 6.59. The molecular formula is C15H20N2O. The highest BCUT2D eigenvalue weighted by Gasteiger charge is 2.11. The summed E-state index contributed by atoms with van der Waals surface area (Å²) in [6, 6.07) is 8.70. The summed E-state index contributed by atoms with van der Waals surface area (Å²) in [6.45, 7) is 2.87. The van der Waals surface area contributed by atoms with Gasteiger partial charge in [-0.2, -0.15) is 5.26 Å². The minimum absolute atomic E-state index is 0.653. The van der Waals surface area contributed by atoms with Crippen LogP contribution < -0.4 is 4.74 Å². The van der Waals surface area contributed by atoms with Crippen LogP contribution >= 0.6 is 0 Å². The number of rotatable bonds is 6. The van der Waals surface area contributed by atoms with Crippen LogP contribution in [0.1, 0.15) is 24.0 Å². The molecule has 0 aromatic heterocycles. The average molecular weight is 244 g/mol. The molecule has 3 heteroatoms. The molecule has 1 heterocycles. The molecule has 1 aromatic carbocycles. The highest BCUT2D eigenvalue weighted by molar-refractivity contribution is 5.39. The number of fused-ring (bicyclic) bond motifs is 1. The van der Waals surface area contributed by atoms with Crippen molar-refractivity contribution in [3.63, 3.8) is 0 Å². The van der Waals surface area contributed by atoms with Crippen LogP contribution in [-0.2, 0) is 12.8 Å². The Kier molecular flexibility index (Phi) is 4.60. The molecule has 0 saturated carbocycles. The van der Waals surface area contributed by atoms with Gasteiger partial charge >= 0.3 is 0 Å². The number of nitriles is 1. The largest absolute Gasteiger partial charge is 0.493 e. The molecule has 1 aliphatic rings. The number of hydrogen-bond acceptors (Lipinski definition) is 3. The molecule has 1 aromatic rings. The second-order valence-corrected chi connectivity index (χ2v) is 4.86. The van der Waals surface area contributed by atoms with Crippen LogP contribution in [0.5, 0.6) is 5.75 Å². The molecule has 0 aliphatic carbocycles. The molecule has 0 unspecified atom stereocenters. The van der Waals surface area contributed by atoms with Crippen molar-refractivity contribution >= 4 is 0 Å². The fraction of sp³-hybridized carbons (Fsp3) is 0.533. The summed E-state index contributed by atoms with van der Waals surface area (Å²) in [5.74, 6) is 1.06. The van der Waals surface area contributed by atoms with E-state index in [-0.39, 0.29) is 0 Å². The van der Waals surface area contributed by atoms with E-state index in [1.54, 1.807) is 0 Å². The normalized spacial score (nSPS) is 13.2. The zero-order chi connectivity index (χ0) is 12.8. The van der Waals surface area contributed by atoms with Gasteiger partial charge in [-0.3, -0.25) is 0 Å². The van der Waals surface area contributed by atoms with E-state index in [1.807, 2.05) is 0 Å². The molecule has 0 bridgehead atoms. The van der Waals surface area contributed by atoms with E-state index in [9.17, 15) is 0 Å². The van der Waals surface area contributed by atoms with Crippen molar-refractivity contribution in [1.29, 1.82) is 5.26 Å². The molecule has 18 heavy (non-hydrogen) atoms. The Morgan fingerprint density at radius 2 is 2.28 bits per heavy atom. The third kappa shape index (κ3) is 3.48. The van der Waals surface area contributed by atoms with Gasteiger partial charge in [0.2, 0.25) is 0 Å².